The lowest BCUT2D eigenvalue weighted by Crippen LogP contribution is -2.58. The second kappa shape index (κ2) is 4.96. The van der Waals surface area contributed by atoms with Crippen molar-refractivity contribution in [3.05, 3.63) is 46.4 Å². The zero-order valence-electron chi connectivity index (χ0n) is 10.7. The van der Waals surface area contributed by atoms with E-state index in [0.717, 1.165) is 5.69 Å². The largest absolute Gasteiger partial charge is 0.433 e. The van der Waals surface area contributed by atoms with Crippen molar-refractivity contribution in [1.29, 1.82) is 0 Å². The number of hydrogen-bond acceptors (Lipinski definition) is 4. The van der Waals surface area contributed by atoms with Crippen molar-refractivity contribution in [3.63, 3.8) is 0 Å². The van der Waals surface area contributed by atoms with E-state index >= 15 is 0 Å². The molecule has 1 aliphatic heterocycles. The Kier molecular flexibility index (Phi) is 3.14. The molecule has 2 aromatic rings. The first kappa shape index (κ1) is 12.7. The van der Waals surface area contributed by atoms with Gasteiger partial charge in [-0.3, -0.25) is 4.52 Å². The number of aromatic nitrogens is 2. The molecule has 0 atom stereocenters. The standard InChI is InChI=1S/C14H12N2O4/c1-2-8-19-14(9-18-10-14)12-13(17)20-15-16(12)11-6-4-3-5-7-11/h1,3-7H,8-10H2/p+1. The maximum absolute atomic E-state index is 12.0. The highest BCUT2D eigenvalue weighted by Gasteiger charge is 2.53. The van der Waals surface area contributed by atoms with Crippen molar-refractivity contribution < 1.29 is 18.7 Å². The summed E-state index contributed by atoms with van der Waals surface area (Å²) in [5.74, 6) is 2.40. The first-order valence-electron chi connectivity index (χ1n) is 6.11. The predicted molar refractivity (Wildman–Crippen MR) is 68.1 cm³/mol. The zero-order valence-corrected chi connectivity index (χ0v) is 10.7. The van der Waals surface area contributed by atoms with Crippen molar-refractivity contribution in [1.82, 2.24) is 5.27 Å². The minimum Gasteiger partial charge on any atom is -0.374 e. The highest BCUT2D eigenvalue weighted by molar-refractivity contribution is 5.22. The number of H-pyrrole nitrogens is 1. The van der Waals surface area contributed by atoms with E-state index in [0.29, 0.717) is 5.69 Å². The third-order valence-corrected chi connectivity index (χ3v) is 3.19. The Balaban J connectivity index is 2.08. The molecular formula is C14H13N2O4+. The highest BCUT2D eigenvalue weighted by Crippen LogP contribution is 2.30. The molecule has 1 fully saturated rings. The summed E-state index contributed by atoms with van der Waals surface area (Å²) in [6.07, 6.45) is 5.22. The molecule has 102 valence electrons. The fraction of sp³-hybridized carbons (Fsp3) is 0.286. The molecule has 1 saturated heterocycles. The van der Waals surface area contributed by atoms with Gasteiger partial charge in [-0.1, -0.05) is 24.1 Å². The van der Waals surface area contributed by atoms with E-state index < -0.39 is 11.2 Å². The minimum atomic E-state index is -0.858. The lowest BCUT2D eigenvalue weighted by molar-refractivity contribution is -0.686. The van der Waals surface area contributed by atoms with Gasteiger partial charge in [0.05, 0.1) is 13.2 Å². The van der Waals surface area contributed by atoms with Crippen molar-refractivity contribution in [3.8, 4) is 18.0 Å². The van der Waals surface area contributed by atoms with Gasteiger partial charge in [0.1, 0.15) is 6.61 Å². The maximum Gasteiger partial charge on any atom is 0.433 e. The quantitative estimate of drug-likeness (QED) is 0.634. The summed E-state index contributed by atoms with van der Waals surface area (Å²) in [5.41, 5.74) is -0.230. The monoisotopic (exact) mass is 273 g/mol. The van der Waals surface area contributed by atoms with Crippen LogP contribution in [0.1, 0.15) is 5.69 Å². The second-order valence-corrected chi connectivity index (χ2v) is 4.48. The maximum atomic E-state index is 12.0. The number of rotatable bonds is 4. The molecule has 0 spiro atoms. The third kappa shape index (κ3) is 1.93. The van der Waals surface area contributed by atoms with Crippen LogP contribution in [0.3, 0.4) is 0 Å². The Labute approximate surface area is 114 Å². The Bertz CT molecular complexity index is 692. The third-order valence-electron chi connectivity index (χ3n) is 3.19. The number of nitrogens with zero attached hydrogens (tertiary/aromatic N) is 1. The minimum absolute atomic E-state index is 0.1000. The molecule has 1 aromatic heterocycles. The molecule has 20 heavy (non-hydrogen) atoms. The van der Waals surface area contributed by atoms with E-state index in [9.17, 15) is 4.79 Å². The summed E-state index contributed by atoms with van der Waals surface area (Å²) in [6, 6.07) is 9.32. The average molecular weight is 273 g/mol. The number of benzene rings is 1. The average Bonchev–Trinajstić information content (AvgIpc) is 2.82. The molecule has 2 heterocycles. The number of hydrogen-bond donors (Lipinski definition) is 1. The van der Waals surface area contributed by atoms with Gasteiger partial charge in [-0.05, 0) is 9.95 Å². The summed E-state index contributed by atoms with van der Waals surface area (Å²) in [4.78, 5) is 12.0. The van der Waals surface area contributed by atoms with Crippen LogP contribution in [-0.4, -0.2) is 25.1 Å². The van der Waals surface area contributed by atoms with Crippen LogP contribution in [0.4, 0.5) is 0 Å². The predicted octanol–water partition coefficient (Wildman–Crippen LogP) is 0.120. The van der Waals surface area contributed by atoms with Crippen molar-refractivity contribution in [2.45, 2.75) is 5.60 Å². The Hall–Kier alpha value is -2.36. The molecule has 0 amide bonds. The molecule has 1 aliphatic rings. The van der Waals surface area contributed by atoms with Gasteiger partial charge in [0.2, 0.25) is 11.3 Å². The van der Waals surface area contributed by atoms with Crippen LogP contribution < -0.4 is 10.3 Å². The van der Waals surface area contributed by atoms with Crippen LogP contribution in [0.2, 0.25) is 0 Å². The van der Waals surface area contributed by atoms with Crippen molar-refractivity contribution in [2.24, 2.45) is 0 Å². The van der Waals surface area contributed by atoms with Gasteiger partial charge in [0.15, 0.2) is 0 Å². The number of para-hydroxylation sites is 1. The van der Waals surface area contributed by atoms with Gasteiger partial charge in [-0.25, -0.2) is 4.79 Å². The van der Waals surface area contributed by atoms with E-state index in [1.54, 1.807) is 4.68 Å². The zero-order chi connectivity index (χ0) is 14.0. The SMILES string of the molecule is C#CCOC1(c2c(=O)o[nH][n+]2-c2ccccc2)COC1. The van der Waals surface area contributed by atoms with E-state index in [-0.39, 0.29) is 19.8 Å². The summed E-state index contributed by atoms with van der Waals surface area (Å²) >= 11 is 0. The van der Waals surface area contributed by atoms with Crippen LogP contribution in [-0.2, 0) is 15.1 Å². The first-order chi connectivity index (χ1) is 9.77. The van der Waals surface area contributed by atoms with Crippen LogP contribution >= 0.6 is 0 Å². The summed E-state index contributed by atoms with van der Waals surface area (Å²) in [6.45, 7) is 0.636. The summed E-state index contributed by atoms with van der Waals surface area (Å²) < 4.78 is 17.3. The fourth-order valence-electron chi connectivity index (χ4n) is 2.18. The lowest BCUT2D eigenvalue weighted by atomic mass is 9.97. The van der Waals surface area contributed by atoms with Crippen LogP contribution in [0.25, 0.3) is 5.69 Å². The van der Waals surface area contributed by atoms with E-state index in [1.165, 1.54) is 0 Å². The molecular weight excluding hydrogens is 260 g/mol. The number of nitrogens with one attached hydrogen (secondary N) is 1. The molecule has 0 bridgehead atoms. The van der Waals surface area contributed by atoms with Gasteiger partial charge in [0.25, 0.3) is 0 Å². The van der Waals surface area contributed by atoms with Crippen LogP contribution in [0.5, 0.6) is 0 Å². The molecule has 0 unspecified atom stereocenters. The fourth-order valence-corrected chi connectivity index (χ4v) is 2.18. The molecule has 1 N–H and O–H groups in total. The van der Waals surface area contributed by atoms with Gasteiger partial charge in [-0.15, -0.1) is 6.42 Å². The molecule has 0 radical (unpaired) electrons. The smallest absolute Gasteiger partial charge is 0.374 e. The van der Waals surface area contributed by atoms with Gasteiger partial charge in [0, 0.05) is 12.1 Å². The number of ether oxygens (including phenoxy) is 2. The van der Waals surface area contributed by atoms with Crippen molar-refractivity contribution in [2.75, 3.05) is 19.8 Å². The first-order valence-corrected chi connectivity index (χ1v) is 6.11. The van der Waals surface area contributed by atoms with E-state index in [4.69, 9.17) is 20.4 Å². The second-order valence-electron chi connectivity index (χ2n) is 4.48. The number of aromatic amines is 1. The molecule has 6 nitrogen and oxygen atoms in total. The van der Waals surface area contributed by atoms with Crippen LogP contribution in [0, 0.1) is 12.3 Å². The topological polar surface area (TPSA) is 68.3 Å². The Morgan fingerprint density at radius 3 is 2.75 bits per heavy atom. The molecule has 0 saturated carbocycles. The summed E-state index contributed by atoms with van der Waals surface area (Å²) in [5, 5.41) is 2.58. The molecule has 1 aromatic carbocycles. The summed E-state index contributed by atoms with van der Waals surface area (Å²) in [7, 11) is 0. The lowest BCUT2D eigenvalue weighted by Gasteiger charge is -2.35. The Morgan fingerprint density at radius 1 is 1.40 bits per heavy atom. The van der Waals surface area contributed by atoms with Crippen molar-refractivity contribution >= 4 is 0 Å². The molecule has 6 heteroatoms. The van der Waals surface area contributed by atoms with Gasteiger partial charge < -0.3 is 9.47 Å². The van der Waals surface area contributed by atoms with E-state index in [2.05, 4.69) is 11.2 Å². The Morgan fingerprint density at radius 2 is 2.15 bits per heavy atom. The van der Waals surface area contributed by atoms with Gasteiger partial charge in [-0.2, -0.15) is 0 Å². The highest BCUT2D eigenvalue weighted by atomic mass is 16.6. The van der Waals surface area contributed by atoms with E-state index in [1.807, 2.05) is 30.3 Å². The van der Waals surface area contributed by atoms with Gasteiger partial charge >= 0.3 is 11.3 Å². The molecule has 3 rings (SSSR count). The normalized spacial score (nSPS) is 16.4. The van der Waals surface area contributed by atoms with Crippen LogP contribution in [0.15, 0.2) is 39.6 Å². The molecule has 0 aliphatic carbocycles. The number of terminal acetylenes is 1.